The molecule has 6 aliphatic carbocycles. The third-order valence-corrected chi connectivity index (χ3v) is 15.8. The van der Waals surface area contributed by atoms with Crippen molar-refractivity contribution >= 4 is 72.3 Å². The van der Waals surface area contributed by atoms with E-state index in [9.17, 15) is 0 Å². The molecule has 0 unspecified atom stereocenters. The van der Waals surface area contributed by atoms with Gasteiger partial charge in [-0.05, 0) is 105 Å². The lowest BCUT2D eigenvalue weighted by molar-refractivity contribution is -0.836. The van der Waals surface area contributed by atoms with E-state index in [0.29, 0.717) is 0 Å². The van der Waals surface area contributed by atoms with Crippen molar-refractivity contribution in [1.82, 2.24) is 0 Å². The van der Waals surface area contributed by atoms with E-state index in [0.717, 1.165) is 0 Å². The van der Waals surface area contributed by atoms with Gasteiger partial charge in [-0.25, -0.2) is 0 Å². The van der Waals surface area contributed by atoms with Crippen LogP contribution in [0.25, 0.3) is 0 Å². The molecule has 0 aromatic rings. The van der Waals surface area contributed by atoms with E-state index < -0.39 is 117 Å². The van der Waals surface area contributed by atoms with Gasteiger partial charge in [-0.3, -0.25) is 0 Å². The second-order valence-electron chi connectivity index (χ2n) is 14.8. The summed E-state index contributed by atoms with van der Waals surface area (Å²) in [4.78, 5) is 0. The fourth-order valence-corrected chi connectivity index (χ4v) is 20.0. The van der Waals surface area contributed by atoms with Crippen LogP contribution in [-0.2, 0) is 35.4 Å². The van der Waals surface area contributed by atoms with Crippen molar-refractivity contribution in [2.75, 3.05) is 0 Å². The molecule has 8 nitrogen and oxygen atoms in total. The van der Waals surface area contributed by atoms with Crippen molar-refractivity contribution in [2.45, 2.75) is 150 Å². The van der Waals surface area contributed by atoms with Crippen LogP contribution in [0.15, 0.2) is 0 Å². The Kier molecular flexibility index (Phi) is 7.77. The first kappa shape index (κ1) is 32.8. The number of hydrogen-bond acceptors (Lipinski definition) is 8. The van der Waals surface area contributed by atoms with Gasteiger partial charge in [-0.15, -0.1) is 0 Å². The molecule has 0 saturated heterocycles. The largest absolute Gasteiger partial charge is 0.407 e. The van der Waals surface area contributed by atoms with Gasteiger partial charge < -0.3 is 35.4 Å². The lowest BCUT2D eigenvalue weighted by Gasteiger charge is -3.24. The molecule has 0 N–H and O–H groups in total. The summed E-state index contributed by atoms with van der Waals surface area (Å²) in [6, 6.07) is 0. The van der Waals surface area contributed by atoms with Gasteiger partial charge in [-0.1, -0.05) is 0 Å². The summed E-state index contributed by atoms with van der Waals surface area (Å²) in [6.07, 6.45) is 0. The second kappa shape index (κ2) is 9.47. The highest BCUT2D eigenvalue weighted by Crippen LogP contribution is 3.16. The minimum Gasteiger partial charge on any atom is -0.407 e. The zero-order valence-electron chi connectivity index (χ0n) is 27.9. The molecule has 0 spiro atoms. The summed E-state index contributed by atoms with van der Waals surface area (Å²) in [6.45, 7) is 36.2. The Morgan fingerprint density at radius 1 is 0.200 bits per heavy atom. The zero-order chi connectivity index (χ0) is 30.3. The van der Waals surface area contributed by atoms with E-state index in [1.54, 1.807) is 0 Å². The molecule has 0 bridgehead atoms. The Hall–Kier alpha value is 1.42. The van der Waals surface area contributed by atoms with Crippen LogP contribution >= 0.6 is 0 Å². The molecule has 0 aliphatic heterocycles. The molecule has 232 valence electrons. The predicted molar refractivity (Wildman–Crippen MR) is 182 cm³/mol. The fourth-order valence-electron chi connectivity index (χ4n) is 10.4. The molecule has 40 heavy (non-hydrogen) atoms. The Morgan fingerprint density at radius 3 is 0.325 bits per heavy atom. The summed E-state index contributed by atoms with van der Waals surface area (Å²) in [5, 5.41) is 0. The molecule has 0 aromatic heterocycles. The van der Waals surface area contributed by atoms with E-state index in [1.807, 2.05) is 0 Å². The second-order valence-corrected chi connectivity index (χ2v) is 33.4. The first-order valence-corrected chi connectivity index (χ1v) is 38.0. The Labute approximate surface area is 256 Å². The van der Waals surface area contributed by atoms with E-state index in [4.69, 9.17) is 35.4 Å². The summed E-state index contributed by atoms with van der Waals surface area (Å²) in [5.41, 5.74) is -6.34. The fraction of sp³-hybridized carbons (Fsp3) is 1.00. The van der Waals surface area contributed by atoms with E-state index >= 15 is 0 Å². The van der Waals surface area contributed by atoms with Gasteiger partial charge in [0.05, 0.1) is 0 Å². The van der Waals surface area contributed by atoms with Gasteiger partial charge in [0.25, 0.3) is 0 Å². The van der Waals surface area contributed by atoms with Gasteiger partial charge in [-0.2, -0.15) is 0 Å². The van der Waals surface area contributed by atoms with Crippen LogP contribution in [0, 0.1) is 0 Å². The van der Waals surface area contributed by atoms with E-state index in [1.165, 1.54) is 0 Å². The smallest absolute Gasteiger partial charge is 0.172 e. The Balaban J connectivity index is 1.93. The van der Waals surface area contributed by atoms with Crippen molar-refractivity contribution in [3.63, 3.8) is 0 Å². The van der Waals surface area contributed by atoms with Crippen LogP contribution < -0.4 is 0 Å². The molecule has 0 heterocycles. The standard InChI is InChI=1S/C24H56O8Si8/c1-33(2)25-17-18(26-34(3)4)21(29-37(9)10)19(17,27-35(5)6)23(31-39(13)14)20(17,28-36(7)8)22(18,30-38(11)12)24(21,23)32-40(15)16/h33-40H,1-16H3. The minimum absolute atomic E-state index is 0.793. The lowest BCUT2D eigenvalue weighted by Crippen LogP contribution is -3.53. The normalized spacial score (nSPS) is 47.4. The molecular weight excluding hydrogens is 641 g/mol. The van der Waals surface area contributed by atoms with Crippen molar-refractivity contribution in [2.24, 2.45) is 0 Å². The third kappa shape index (κ3) is 2.61. The van der Waals surface area contributed by atoms with Crippen molar-refractivity contribution in [3.05, 3.63) is 0 Å². The van der Waals surface area contributed by atoms with Crippen molar-refractivity contribution in [1.29, 1.82) is 0 Å². The van der Waals surface area contributed by atoms with E-state index in [2.05, 4.69) is 105 Å². The molecule has 6 rings (SSSR count). The van der Waals surface area contributed by atoms with Gasteiger partial charge in [0.2, 0.25) is 0 Å². The Morgan fingerprint density at radius 2 is 0.275 bits per heavy atom. The molecule has 6 saturated carbocycles. The zero-order valence-corrected chi connectivity index (χ0v) is 37.1. The van der Waals surface area contributed by atoms with Crippen LogP contribution in [0.2, 0.25) is 105 Å². The summed E-state index contributed by atoms with van der Waals surface area (Å²) in [7, 11) is -13.0. The maximum Gasteiger partial charge on any atom is 0.172 e. The van der Waals surface area contributed by atoms with Crippen LogP contribution in [0.5, 0.6) is 0 Å². The number of rotatable bonds is 16. The van der Waals surface area contributed by atoms with E-state index in [-0.39, 0.29) is 0 Å². The van der Waals surface area contributed by atoms with Crippen molar-refractivity contribution in [3.8, 4) is 0 Å². The quantitative estimate of drug-likeness (QED) is 0.227. The summed E-state index contributed by atoms with van der Waals surface area (Å²) < 4.78 is 59.4. The van der Waals surface area contributed by atoms with Gasteiger partial charge in [0.1, 0.15) is 0 Å². The maximum atomic E-state index is 7.43. The molecule has 6 aliphatic rings. The highest BCUT2D eigenvalue weighted by atomic mass is 28.3. The molecule has 0 amide bonds. The van der Waals surface area contributed by atoms with Gasteiger partial charge >= 0.3 is 0 Å². The SMILES string of the molecule is C[SiH](C)OC12C3(O[SiH](C)C)C4(O[SiH](C)C)C1(O[SiH](C)C)C1(O[SiH](C)C)C2(O[SiH](C)C)C3(O[SiH](C)C)C41O[SiH](C)C. The molecular formula is C24H56O8Si8. The lowest BCUT2D eigenvalue weighted by atomic mass is 8.87. The average Bonchev–Trinajstić information content (AvgIpc) is 2.75. The Bertz CT molecular complexity index is 734. The highest BCUT2D eigenvalue weighted by Gasteiger charge is 3.46. The van der Waals surface area contributed by atoms with Gasteiger partial charge in [0, 0.05) is 0 Å². The predicted octanol–water partition coefficient (Wildman–Crippen LogP) is 1.96. The monoisotopic (exact) mass is 696 g/mol. The summed E-state index contributed by atoms with van der Waals surface area (Å²) >= 11 is 0. The van der Waals surface area contributed by atoms with Gasteiger partial charge in [0.15, 0.2) is 117 Å². The summed E-state index contributed by atoms with van der Waals surface area (Å²) in [5.74, 6) is 0. The minimum atomic E-state index is -1.63. The first-order chi connectivity index (χ1) is 18.3. The maximum absolute atomic E-state index is 7.43. The van der Waals surface area contributed by atoms with Crippen LogP contribution in [0.4, 0.5) is 0 Å². The highest BCUT2D eigenvalue weighted by molar-refractivity contribution is 6.54. The molecule has 16 heteroatoms. The number of hydrogen-bond donors (Lipinski definition) is 0. The molecule has 0 atom stereocenters. The van der Waals surface area contributed by atoms with Crippen LogP contribution in [0.1, 0.15) is 0 Å². The molecule has 6 fully saturated rings. The molecule has 0 radical (unpaired) electrons. The van der Waals surface area contributed by atoms with Crippen molar-refractivity contribution < 1.29 is 35.4 Å². The average molecular weight is 697 g/mol. The third-order valence-electron chi connectivity index (χ3n) is 9.25. The topological polar surface area (TPSA) is 73.8 Å². The van der Waals surface area contributed by atoms with Crippen LogP contribution in [0.3, 0.4) is 0 Å². The molecule has 0 aromatic carbocycles. The first-order valence-electron chi connectivity index (χ1n) is 15.8. The van der Waals surface area contributed by atoms with Crippen LogP contribution in [-0.4, -0.2) is 117 Å².